The van der Waals surface area contributed by atoms with Gasteiger partial charge in [0.1, 0.15) is 11.0 Å². The maximum atomic E-state index is 6.19. The smallest absolute Gasteiger partial charge is 0.130 e. The molecule has 1 aromatic heterocycles. The summed E-state index contributed by atoms with van der Waals surface area (Å²) < 4.78 is 13.7. The van der Waals surface area contributed by atoms with E-state index in [4.69, 9.17) is 27.9 Å². The van der Waals surface area contributed by atoms with Crippen LogP contribution < -0.4 is 5.32 Å². The van der Waals surface area contributed by atoms with Gasteiger partial charge in [-0.1, -0.05) is 23.2 Å². The van der Waals surface area contributed by atoms with Gasteiger partial charge in [-0.15, -0.1) is 0 Å². The molecule has 1 aliphatic heterocycles. The van der Waals surface area contributed by atoms with Gasteiger partial charge in [0, 0.05) is 6.61 Å². The van der Waals surface area contributed by atoms with Crippen LogP contribution >= 0.6 is 34.9 Å². The highest BCUT2D eigenvalue weighted by molar-refractivity contribution is 7.00. The lowest BCUT2D eigenvalue weighted by atomic mass is 10.2. The minimum atomic E-state index is 0.276. The summed E-state index contributed by atoms with van der Waals surface area (Å²) in [5.41, 5.74) is 2.23. The van der Waals surface area contributed by atoms with Gasteiger partial charge in [0.15, 0.2) is 0 Å². The Balaban J connectivity index is 2.04. The molecule has 3 rings (SSSR count). The van der Waals surface area contributed by atoms with Crippen molar-refractivity contribution >= 4 is 51.7 Å². The van der Waals surface area contributed by atoms with Crippen molar-refractivity contribution in [1.29, 1.82) is 0 Å². The van der Waals surface area contributed by atoms with E-state index >= 15 is 0 Å². The Labute approximate surface area is 112 Å². The molecule has 0 spiro atoms. The number of hydrogen-bond acceptors (Lipinski definition) is 5. The fourth-order valence-electron chi connectivity index (χ4n) is 1.86. The number of ether oxygens (including phenoxy) is 1. The zero-order valence-electron chi connectivity index (χ0n) is 8.74. The molecule has 0 saturated carbocycles. The lowest BCUT2D eigenvalue weighted by Gasteiger charge is -2.14. The van der Waals surface area contributed by atoms with Crippen molar-refractivity contribution in [1.82, 2.24) is 8.75 Å². The van der Waals surface area contributed by atoms with Crippen LogP contribution in [-0.4, -0.2) is 28.0 Å². The molecule has 7 heteroatoms. The minimum absolute atomic E-state index is 0.276. The third-order valence-electron chi connectivity index (χ3n) is 2.72. The molecule has 1 N–H and O–H groups in total. The first kappa shape index (κ1) is 11.5. The summed E-state index contributed by atoms with van der Waals surface area (Å²) in [5, 5.41) is 4.46. The highest BCUT2D eigenvalue weighted by Crippen LogP contribution is 2.35. The standard InChI is InChI=1S/C10H9Cl2N3OS/c11-6-3-7(12)9-10(15-17-14-9)8(6)13-5-1-2-16-4-5/h3,5,13H,1-2,4H2. The second-order valence-corrected chi connectivity index (χ2v) is 5.22. The summed E-state index contributed by atoms with van der Waals surface area (Å²) in [6, 6.07) is 1.98. The van der Waals surface area contributed by atoms with E-state index in [1.165, 1.54) is 0 Å². The molecule has 90 valence electrons. The Morgan fingerprint density at radius 1 is 1.29 bits per heavy atom. The summed E-state index contributed by atoms with van der Waals surface area (Å²) in [6.45, 7) is 1.47. The Kier molecular flexibility index (Phi) is 3.08. The average Bonchev–Trinajstić information content (AvgIpc) is 2.95. The predicted octanol–water partition coefficient (Wildman–Crippen LogP) is 3.20. The number of anilines is 1. The second kappa shape index (κ2) is 4.57. The zero-order chi connectivity index (χ0) is 11.8. The van der Waals surface area contributed by atoms with E-state index in [0.717, 1.165) is 36.0 Å². The van der Waals surface area contributed by atoms with E-state index in [-0.39, 0.29) is 6.04 Å². The van der Waals surface area contributed by atoms with Crippen molar-refractivity contribution < 1.29 is 4.74 Å². The van der Waals surface area contributed by atoms with Gasteiger partial charge in [-0.2, -0.15) is 8.75 Å². The van der Waals surface area contributed by atoms with E-state index in [9.17, 15) is 0 Å². The highest BCUT2D eigenvalue weighted by atomic mass is 35.5. The number of nitrogens with zero attached hydrogens (tertiary/aromatic N) is 2. The first-order valence-corrected chi connectivity index (χ1v) is 6.69. The molecule has 1 aromatic carbocycles. The van der Waals surface area contributed by atoms with E-state index in [1.54, 1.807) is 6.07 Å². The molecule has 1 atom stereocenters. The number of nitrogens with one attached hydrogen (secondary N) is 1. The monoisotopic (exact) mass is 289 g/mol. The number of aromatic nitrogens is 2. The number of fused-ring (bicyclic) bond motifs is 1. The van der Waals surface area contributed by atoms with E-state index in [0.29, 0.717) is 22.2 Å². The normalized spacial score (nSPS) is 20.0. The van der Waals surface area contributed by atoms with Gasteiger partial charge < -0.3 is 10.1 Å². The van der Waals surface area contributed by atoms with Crippen LogP contribution in [0.5, 0.6) is 0 Å². The van der Waals surface area contributed by atoms with Crippen LogP contribution in [-0.2, 0) is 4.74 Å². The van der Waals surface area contributed by atoms with Crippen molar-refractivity contribution in [2.45, 2.75) is 12.5 Å². The maximum Gasteiger partial charge on any atom is 0.130 e. The Morgan fingerprint density at radius 2 is 2.12 bits per heavy atom. The molecular formula is C10H9Cl2N3OS. The molecule has 0 aliphatic carbocycles. The first-order chi connectivity index (χ1) is 8.25. The molecule has 0 radical (unpaired) electrons. The van der Waals surface area contributed by atoms with Crippen molar-refractivity contribution in [2.24, 2.45) is 0 Å². The molecule has 1 unspecified atom stereocenters. The summed E-state index contributed by atoms with van der Waals surface area (Å²) >= 11 is 13.4. The van der Waals surface area contributed by atoms with E-state index < -0.39 is 0 Å². The van der Waals surface area contributed by atoms with Crippen LogP contribution in [0.4, 0.5) is 5.69 Å². The summed E-state index contributed by atoms with van der Waals surface area (Å²) in [4.78, 5) is 0. The molecule has 4 nitrogen and oxygen atoms in total. The lowest BCUT2D eigenvalue weighted by Crippen LogP contribution is -2.19. The zero-order valence-corrected chi connectivity index (χ0v) is 11.1. The quantitative estimate of drug-likeness (QED) is 0.922. The fraction of sp³-hybridized carbons (Fsp3) is 0.400. The topological polar surface area (TPSA) is 47.0 Å². The highest BCUT2D eigenvalue weighted by Gasteiger charge is 2.20. The van der Waals surface area contributed by atoms with Gasteiger partial charge >= 0.3 is 0 Å². The number of benzene rings is 1. The SMILES string of the molecule is Clc1cc(Cl)c2nsnc2c1NC1CCOC1. The van der Waals surface area contributed by atoms with Crippen LogP contribution in [0.1, 0.15) is 6.42 Å². The third-order valence-corrected chi connectivity index (χ3v) is 3.84. The van der Waals surface area contributed by atoms with Crippen molar-refractivity contribution in [3.8, 4) is 0 Å². The number of hydrogen-bond donors (Lipinski definition) is 1. The molecular weight excluding hydrogens is 281 g/mol. The molecule has 0 amide bonds. The van der Waals surface area contributed by atoms with Gasteiger partial charge in [-0.05, 0) is 12.5 Å². The van der Waals surface area contributed by atoms with Gasteiger partial charge in [-0.25, -0.2) is 0 Å². The van der Waals surface area contributed by atoms with Crippen molar-refractivity contribution in [3.05, 3.63) is 16.1 Å². The summed E-state index contributed by atoms with van der Waals surface area (Å²) in [5.74, 6) is 0. The van der Waals surface area contributed by atoms with Gasteiger partial charge in [0.05, 0.1) is 40.1 Å². The molecule has 1 saturated heterocycles. The van der Waals surface area contributed by atoms with Gasteiger partial charge in [0.25, 0.3) is 0 Å². The van der Waals surface area contributed by atoms with Crippen molar-refractivity contribution in [3.63, 3.8) is 0 Å². The number of halogens is 2. The molecule has 1 fully saturated rings. The second-order valence-electron chi connectivity index (χ2n) is 3.88. The predicted molar refractivity (Wildman–Crippen MR) is 70.3 cm³/mol. The van der Waals surface area contributed by atoms with Crippen LogP contribution in [0.3, 0.4) is 0 Å². The Hall–Kier alpha value is -0.620. The molecule has 17 heavy (non-hydrogen) atoms. The lowest BCUT2D eigenvalue weighted by molar-refractivity contribution is 0.195. The van der Waals surface area contributed by atoms with Crippen molar-refractivity contribution in [2.75, 3.05) is 18.5 Å². The van der Waals surface area contributed by atoms with Crippen LogP contribution in [0.15, 0.2) is 6.07 Å². The van der Waals surface area contributed by atoms with Crippen LogP contribution in [0, 0.1) is 0 Å². The number of rotatable bonds is 2. The Morgan fingerprint density at radius 3 is 2.88 bits per heavy atom. The summed E-state index contributed by atoms with van der Waals surface area (Å²) in [6.07, 6.45) is 0.970. The molecule has 2 aromatic rings. The third kappa shape index (κ3) is 2.08. The molecule has 0 bridgehead atoms. The molecule has 1 aliphatic rings. The van der Waals surface area contributed by atoms with E-state index in [1.807, 2.05) is 0 Å². The first-order valence-electron chi connectivity index (χ1n) is 5.20. The van der Waals surface area contributed by atoms with Crippen LogP contribution in [0.25, 0.3) is 11.0 Å². The van der Waals surface area contributed by atoms with Gasteiger partial charge in [0.2, 0.25) is 0 Å². The maximum absolute atomic E-state index is 6.19. The van der Waals surface area contributed by atoms with Crippen LogP contribution in [0.2, 0.25) is 10.0 Å². The molecule has 2 heterocycles. The minimum Gasteiger partial charge on any atom is -0.379 e. The summed E-state index contributed by atoms with van der Waals surface area (Å²) in [7, 11) is 0. The largest absolute Gasteiger partial charge is 0.379 e. The van der Waals surface area contributed by atoms with Gasteiger partial charge in [-0.3, -0.25) is 0 Å². The average molecular weight is 290 g/mol. The fourth-order valence-corrected chi connectivity index (χ4v) is 3.03. The van der Waals surface area contributed by atoms with E-state index in [2.05, 4.69) is 14.1 Å². The Bertz CT molecular complexity index is 554.